The molecular formula is C12H16O2. The number of rotatable bonds is 1. The van der Waals surface area contributed by atoms with Gasteiger partial charge in [-0.1, -0.05) is 31.2 Å². The number of aliphatic hydroxyl groups excluding tert-OH is 1. The summed E-state index contributed by atoms with van der Waals surface area (Å²) in [4.78, 5) is 0. The van der Waals surface area contributed by atoms with Gasteiger partial charge in [-0.15, -0.1) is 0 Å². The topological polar surface area (TPSA) is 29.5 Å². The van der Waals surface area contributed by atoms with Crippen molar-refractivity contribution in [1.82, 2.24) is 0 Å². The lowest BCUT2D eigenvalue weighted by molar-refractivity contribution is -0.0932. The fraction of sp³-hybridized carbons (Fsp3) is 0.500. The maximum Gasteiger partial charge on any atom is 0.155 e. The van der Waals surface area contributed by atoms with E-state index in [0.717, 1.165) is 6.42 Å². The molecule has 1 aliphatic heterocycles. The molecule has 0 aromatic heterocycles. The molecule has 0 aliphatic carbocycles. The van der Waals surface area contributed by atoms with Crippen LogP contribution in [0.5, 0.6) is 0 Å². The van der Waals surface area contributed by atoms with E-state index in [1.165, 1.54) is 11.1 Å². The molecule has 0 spiro atoms. The largest absolute Gasteiger partial charge is 0.368 e. The van der Waals surface area contributed by atoms with E-state index >= 15 is 0 Å². The predicted molar refractivity (Wildman–Crippen MR) is 54.8 cm³/mol. The highest BCUT2D eigenvalue weighted by Gasteiger charge is 2.32. The molecule has 3 atom stereocenters. The summed E-state index contributed by atoms with van der Waals surface area (Å²) in [5.41, 5.74) is 2.44. The average Bonchev–Trinajstić information content (AvgIpc) is 2.46. The normalized spacial score (nSPS) is 32.1. The number of hydrogen-bond donors (Lipinski definition) is 1. The third kappa shape index (κ3) is 1.68. The standard InChI is InChI=1S/C12H16O2/c1-8-5-3-4-6-10(8)12-9(2)7-11(13)14-12/h3-6,9,11-13H,7H2,1-2H3/t9-,11+,12-/m1/s1. The third-order valence-corrected chi connectivity index (χ3v) is 2.89. The minimum atomic E-state index is -0.588. The van der Waals surface area contributed by atoms with Gasteiger partial charge in [0.05, 0.1) is 6.10 Å². The Morgan fingerprint density at radius 2 is 2.07 bits per heavy atom. The summed E-state index contributed by atoms with van der Waals surface area (Å²) in [7, 11) is 0. The molecule has 0 amide bonds. The SMILES string of the molecule is Cc1ccccc1[C@@H]1O[C@H](O)C[C@H]1C. The maximum absolute atomic E-state index is 9.40. The number of benzene rings is 1. The van der Waals surface area contributed by atoms with E-state index in [-0.39, 0.29) is 6.10 Å². The molecule has 1 fully saturated rings. The quantitative estimate of drug-likeness (QED) is 0.740. The highest BCUT2D eigenvalue weighted by Crippen LogP contribution is 2.37. The Morgan fingerprint density at radius 1 is 1.36 bits per heavy atom. The van der Waals surface area contributed by atoms with Gasteiger partial charge in [-0.05, 0) is 24.0 Å². The van der Waals surface area contributed by atoms with Crippen molar-refractivity contribution in [3.63, 3.8) is 0 Å². The smallest absolute Gasteiger partial charge is 0.155 e. The second-order valence-electron chi connectivity index (χ2n) is 4.08. The van der Waals surface area contributed by atoms with Crippen LogP contribution >= 0.6 is 0 Å². The summed E-state index contributed by atoms with van der Waals surface area (Å²) in [6.45, 7) is 4.20. The second-order valence-corrected chi connectivity index (χ2v) is 4.08. The summed E-state index contributed by atoms with van der Waals surface area (Å²) in [6.07, 6.45) is 0.208. The predicted octanol–water partition coefficient (Wildman–Crippen LogP) is 2.41. The zero-order valence-electron chi connectivity index (χ0n) is 8.60. The first kappa shape index (κ1) is 9.69. The lowest BCUT2D eigenvalue weighted by Gasteiger charge is -2.17. The van der Waals surface area contributed by atoms with Crippen molar-refractivity contribution in [2.75, 3.05) is 0 Å². The molecule has 2 rings (SSSR count). The molecule has 2 nitrogen and oxygen atoms in total. The van der Waals surface area contributed by atoms with Gasteiger partial charge in [0.15, 0.2) is 6.29 Å². The summed E-state index contributed by atoms with van der Waals surface area (Å²) < 4.78 is 5.50. The number of hydrogen-bond acceptors (Lipinski definition) is 2. The molecule has 0 saturated carbocycles. The van der Waals surface area contributed by atoms with E-state index in [9.17, 15) is 5.11 Å². The summed E-state index contributed by atoms with van der Waals surface area (Å²) in [5.74, 6) is 0.395. The lowest BCUT2D eigenvalue weighted by Crippen LogP contribution is -2.06. The molecule has 1 aromatic rings. The van der Waals surface area contributed by atoms with Crippen molar-refractivity contribution in [1.29, 1.82) is 0 Å². The molecule has 1 aromatic carbocycles. The number of aryl methyl sites for hydroxylation is 1. The molecule has 76 valence electrons. The van der Waals surface area contributed by atoms with Crippen LogP contribution in [-0.2, 0) is 4.74 Å². The van der Waals surface area contributed by atoms with Crippen LogP contribution < -0.4 is 0 Å². The first-order valence-electron chi connectivity index (χ1n) is 5.07. The van der Waals surface area contributed by atoms with Gasteiger partial charge in [0, 0.05) is 6.42 Å². The molecule has 0 unspecified atom stereocenters. The number of aliphatic hydroxyl groups is 1. The van der Waals surface area contributed by atoms with Crippen molar-refractivity contribution in [3.05, 3.63) is 35.4 Å². The van der Waals surface area contributed by atoms with E-state index < -0.39 is 6.29 Å². The molecule has 0 bridgehead atoms. The van der Waals surface area contributed by atoms with Crippen molar-refractivity contribution < 1.29 is 9.84 Å². The monoisotopic (exact) mass is 192 g/mol. The van der Waals surface area contributed by atoms with E-state index in [1.807, 2.05) is 12.1 Å². The molecule has 1 heterocycles. The van der Waals surface area contributed by atoms with Crippen molar-refractivity contribution in [2.24, 2.45) is 5.92 Å². The fourth-order valence-electron chi connectivity index (χ4n) is 2.09. The van der Waals surface area contributed by atoms with Gasteiger partial charge in [-0.3, -0.25) is 0 Å². The van der Waals surface area contributed by atoms with Gasteiger partial charge in [0.1, 0.15) is 0 Å². The maximum atomic E-state index is 9.40. The van der Waals surface area contributed by atoms with Gasteiger partial charge in [0.25, 0.3) is 0 Å². The van der Waals surface area contributed by atoms with Crippen LogP contribution in [0.2, 0.25) is 0 Å². The van der Waals surface area contributed by atoms with Crippen molar-refractivity contribution in [2.45, 2.75) is 32.7 Å². The van der Waals surface area contributed by atoms with Crippen LogP contribution in [0.4, 0.5) is 0 Å². The molecule has 1 N–H and O–H groups in total. The van der Waals surface area contributed by atoms with Crippen LogP contribution in [0.15, 0.2) is 24.3 Å². The number of ether oxygens (including phenoxy) is 1. The van der Waals surface area contributed by atoms with E-state index in [1.54, 1.807) is 0 Å². The van der Waals surface area contributed by atoms with Gasteiger partial charge >= 0.3 is 0 Å². The summed E-state index contributed by atoms with van der Waals surface area (Å²) >= 11 is 0. The lowest BCUT2D eigenvalue weighted by atomic mass is 9.94. The van der Waals surface area contributed by atoms with Crippen LogP contribution in [0.25, 0.3) is 0 Å². The van der Waals surface area contributed by atoms with E-state index in [0.29, 0.717) is 5.92 Å². The second kappa shape index (κ2) is 3.71. The fourth-order valence-corrected chi connectivity index (χ4v) is 2.09. The zero-order valence-corrected chi connectivity index (χ0v) is 8.60. The Labute approximate surface area is 84.5 Å². The van der Waals surface area contributed by atoms with Crippen LogP contribution in [0, 0.1) is 12.8 Å². The average molecular weight is 192 g/mol. The highest BCUT2D eigenvalue weighted by atomic mass is 16.6. The Hall–Kier alpha value is -0.860. The van der Waals surface area contributed by atoms with Crippen LogP contribution in [0.1, 0.15) is 30.6 Å². The van der Waals surface area contributed by atoms with Crippen LogP contribution in [-0.4, -0.2) is 11.4 Å². The van der Waals surface area contributed by atoms with Crippen molar-refractivity contribution in [3.8, 4) is 0 Å². The van der Waals surface area contributed by atoms with Gasteiger partial charge in [0.2, 0.25) is 0 Å². The Balaban J connectivity index is 2.27. The van der Waals surface area contributed by atoms with Crippen molar-refractivity contribution >= 4 is 0 Å². The molecule has 0 radical (unpaired) electrons. The first-order chi connectivity index (χ1) is 6.68. The van der Waals surface area contributed by atoms with Crippen LogP contribution in [0.3, 0.4) is 0 Å². The Morgan fingerprint density at radius 3 is 2.64 bits per heavy atom. The Bertz CT molecular complexity index is 322. The molecule has 14 heavy (non-hydrogen) atoms. The highest BCUT2D eigenvalue weighted by molar-refractivity contribution is 5.28. The van der Waals surface area contributed by atoms with E-state index in [4.69, 9.17) is 4.74 Å². The molecule has 1 aliphatic rings. The molecule has 1 saturated heterocycles. The summed E-state index contributed by atoms with van der Waals surface area (Å²) in [6, 6.07) is 8.20. The third-order valence-electron chi connectivity index (χ3n) is 2.89. The Kier molecular flexibility index (Phi) is 2.57. The minimum Gasteiger partial charge on any atom is -0.368 e. The van der Waals surface area contributed by atoms with Gasteiger partial charge in [-0.25, -0.2) is 0 Å². The zero-order chi connectivity index (χ0) is 10.1. The van der Waals surface area contributed by atoms with Gasteiger partial charge < -0.3 is 9.84 Å². The first-order valence-corrected chi connectivity index (χ1v) is 5.07. The summed E-state index contributed by atoms with van der Waals surface area (Å²) in [5, 5.41) is 9.40. The molecule has 2 heteroatoms. The molecular weight excluding hydrogens is 176 g/mol. The minimum absolute atomic E-state index is 0.0613. The van der Waals surface area contributed by atoms with Gasteiger partial charge in [-0.2, -0.15) is 0 Å². The van der Waals surface area contributed by atoms with E-state index in [2.05, 4.69) is 26.0 Å².